The van der Waals surface area contributed by atoms with Gasteiger partial charge in [0.25, 0.3) is 23.6 Å². The fourth-order valence-corrected chi connectivity index (χ4v) is 7.16. The van der Waals surface area contributed by atoms with Crippen LogP contribution in [0.15, 0.2) is 48.8 Å². The summed E-state index contributed by atoms with van der Waals surface area (Å²) in [5, 5.41) is 26.8. The van der Waals surface area contributed by atoms with Crippen LogP contribution in [0.5, 0.6) is 0 Å². The molecule has 0 unspecified atom stereocenters. The Kier molecular flexibility index (Phi) is 13.4. The number of benzene rings is 2. The molecule has 4 aromatic rings. The Morgan fingerprint density at radius 3 is 1.65 bits per heavy atom. The molecule has 288 valence electrons. The molecule has 2 aromatic carbocycles. The first-order valence-corrected chi connectivity index (χ1v) is 19.2. The average molecular weight is 810 g/mol. The highest BCUT2D eigenvalue weighted by Crippen LogP contribution is 2.26. The minimum atomic E-state index is -3.24. The van der Waals surface area contributed by atoms with Gasteiger partial charge in [-0.2, -0.15) is 10.2 Å². The molecule has 4 amide bonds. The zero-order valence-electron chi connectivity index (χ0n) is 28.6. The highest BCUT2D eigenvalue weighted by atomic mass is 35.5. The topological polar surface area (TPSA) is 223 Å². The predicted molar refractivity (Wildman–Crippen MR) is 196 cm³/mol. The van der Waals surface area contributed by atoms with Gasteiger partial charge in [-0.15, -0.1) is 0 Å². The van der Waals surface area contributed by atoms with Crippen molar-refractivity contribution in [2.24, 2.45) is 0 Å². The Bertz CT molecular complexity index is 2080. The number of rotatable bonds is 9. The fraction of sp³-hybridized carbons (Fsp3) is 0.333. The van der Waals surface area contributed by atoms with Crippen LogP contribution >= 0.6 is 23.2 Å². The van der Waals surface area contributed by atoms with Crippen LogP contribution in [0, 0.1) is 11.6 Å². The molecule has 2 fully saturated rings. The zero-order chi connectivity index (χ0) is 39.0. The van der Waals surface area contributed by atoms with Crippen LogP contribution < -0.4 is 26.6 Å². The summed E-state index contributed by atoms with van der Waals surface area (Å²) in [6.45, 7) is 2.29. The first-order chi connectivity index (χ1) is 25.7. The van der Waals surface area contributed by atoms with E-state index >= 15 is 0 Å². The van der Waals surface area contributed by atoms with Crippen LogP contribution in [0.1, 0.15) is 67.4 Å². The van der Waals surface area contributed by atoms with E-state index in [1.54, 1.807) is 6.07 Å². The molecule has 2 aliphatic rings. The summed E-state index contributed by atoms with van der Waals surface area (Å²) in [6, 6.07) is 7.65. The average Bonchev–Trinajstić information content (AvgIpc) is 3.78. The van der Waals surface area contributed by atoms with Gasteiger partial charge in [-0.25, -0.2) is 21.5 Å². The summed E-state index contributed by atoms with van der Waals surface area (Å²) < 4.78 is 51.9. The Labute approximate surface area is 318 Å². The molecule has 0 radical (unpaired) electrons. The van der Waals surface area contributed by atoms with Crippen LogP contribution in [-0.4, -0.2) is 101 Å². The van der Waals surface area contributed by atoms with E-state index in [0.29, 0.717) is 25.9 Å². The molecule has 16 nitrogen and oxygen atoms in total. The van der Waals surface area contributed by atoms with E-state index in [4.69, 9.17) is 23.2 Å². The second-order valence-electron chi connectivity index (χ2n) is 12.3. The molecule has 0 atom stereocenters. The molecular weight excluding hydrogens is 773 g/mol. The second kappa shape index (κ2) is 17.9. The van der Waals surface area contributed by atoms with Gasteiger partial charge in [0.15, 0.2) is 0 Å². The van der Waals surface area contributed by atoms with E-state index in [0.717, 1.165) is 50.4 Å². The molecule has 2 aromatic heterocycles. The van der Waals surface area contributed by atoms with Crippen LogP contribution in [0.2, 0.25) is 10.0 Å². The van der Waals surface area contributed by atoms with Crippen molar-refractivity contribution in [1.29, 1.82) is 0 Å². The number of sulfonamides is 1. The molecule has 6 rings (SSSR count). The van der Waals surface area contributed by atoms with E-state index in [2.05, 4.69) is 47.0 Å². The molecule has 21 heteroatoms. The van der Waals surface area contributed by atoms with Crippen LogP contribution in [0.25, 0.3) is 0 Å². The van der Waals surface area contributed by atoms with Crippen molar-refractivity contribution in [3.05, 3.63) is 93.0 Å². The number of hydrogen-bond acceptors (Lipinski definition) is 9. The summed E-state index contributed by atoms with van der Waals surface area (Å²) in [4.78, 5) is 49.6. The van der Waals surface area contributed by atoms with Crippen molar-refractivity contribution in [1.82, 2.24) is 40.7 Å². The number of aromatic amines is 2. The first kappa shape index (κ1) is 40.2. The summed E-state index contributed by atoms with van der Waals surface area (Å²) in [6.07, 6.45) is 6.26. The molecule has 54 heavy (non-hydrogen) atoms. The number of carbonyl (C=O) groups is 4. The van der Waals surface area contributed by atoms with Gasteiger partial charge < -0.3 is 26.6 Å². The zero-order valence-corrected chi connectivity index (χ0v) is 31.0. The fourth-order valence-electron chi connectivity index (χ4n) is 5.72. The SMILES string of the molecule is CS(=O)(=O)N1CCC(NC(=O)c2[nH]ncc2NC(=O)c2c(Cl)cccc2Cl)CC1.O=C(NC1CCNCC1)c1[nH]ncc1NC(=O)c1c(F)cccc1F. The Morgan fingerprint density at radius 1 is 0.722 bits per heavy atom. The molecule has 0 saturated carbocycles. The third-order valence-electron chi connectivity index (χ3n) is 8.54. The maximum absolute atomic E-state index is 13.7. The molecule has 7 N–H and O–H groups in total. The number of hydrogen-bond donors (Lipinski definition) is 7. The highest BCUT2D eigenvalue weighted by molar-refractivity contribution is 7.88. The number of amides is 4. The summed E-state index contributed by atoms with van der Waals surface area (Å²) >= 11 is 12.1. The lowest BCUT2D eigenvalue weighted by molar-refractivity contribution is 0.0912. The van der Waals surface area contributed by atoms with Crippen molar-refractivity contribution in [3.8, 4) is 0 Å². The smallest absolute Gasteiger partial charge is 0.271 e. The molecule has 0 aliphatic carbocycles. The lowest BCUT2D eigenvalue weighted by Gasteiger charge is -2.30. The van der Waals surface area contributed by atoms with Crippen molar-refractivity contribution in [3.63, 3.8) is 0 Å². The van der Waals surface area contributed by atoms with E-state index in [-0.39, 0.29) is 50.5 Å². The molecule has 4 heterocycles. The number of piperidine rings is 2. The maximum atomic E-state index is 13.7. The van der Waals surface area contributed by atoms with Gasteiger partial charge in [0.1, 0.15) is 28.6 Å². The summed E-state index contributed by atoms with van der Waals surface area (Å²) in [7, 11) is -3.24. The summed E-state index contributed by atoms with van der Waals surface area (Å²) in [5.74, 6) is -4.43. The standard InChI is InChI=1S/C17H19Cl2N5O4S.C16H17F2N5O2/c1-29(27,28)24-7-5-10(6-8-24)21-17(26)15-13(9-20-23-15)22-16(25)14-11(18)3-2-4-12(14)19;17-10-2-1-3-11(18)13(10)15(24)22-12-8-20-23-14(12)16(25)21-9-4-6-19-7-5-9/h2-4,9-10H,5-8H2,1H3,(H,20,23)(H,21,26)(H,22,25);1-3,8-9,19H,4-7H2,(H,20,23)(H,21,25)(H,22,24). The van der Waals surface area contributed by atoms with Crippen molar-refractivity contribution in [2.75, 3.05) is 43.1 Å². The molecule has 0 spiro atoms. The van der Waals surface area contributed by atoms with Crippen LogP contribution in [0.3, 0.4) is 0 Å². The van der Waals surface area contributed by atoms with Crippen molar-refractivity contribution < 1.29 is 36.4 Å². The van der Waals surface area contributed by atoms with Gasteiger partial charge in [0.05, 0.1) is 45.6 Å². The molecule has 2 aliphatic heterocycles. The van der Waals surface area contributed by atoms with Crippen LogP contribution in [0.4, 0.5) is 20.2 Å². The van der Waals surface area contributed by atoms with Crippen LogP contribution in [-0.2, 0) is 10.0 Å². The van der Waals surface area contributed by atoms with Gasteiger partial charge in [0, 0.05) is 25.2 Å². The molecule has 0 bridgehead atoms. The number of carbonyl (C=O) groups excluding carboxylic acids is 4. The first-order valence-electron chi connectivity index (χ1n) is 16.6. The Balaban J connectivity index is 0.000000210. The number of halogens is 4. The van der Waals surface area contributed by atoms with E-state index < -0.39 is 50.8 Å². The van der Waals surface area contributed by atoms with E-state index in [9.17, 15) is 36.4 Å². The van der Waals surface area contributed by atoms with E-state index in [1.807, 2.05) is 0 Å². The maximum Gasteiger partial charge on any atom is 0.271 e. The number of nitrogens with zero attached hydrogens (tertiary/aromatic N) is 3. The molecular formula is C33H36Cl2F2N10O6S. The number of H-pyrrole nitrogens is 2. The van der Waals surface area contributed by atoms with Gasteiger partial charge in [-0.3, -0.25) is 29.4 Å². The third kappa shape index (κ3) is 10.2. The lowest BCUT2D eigenvalue weighted by Crippen LogP contribution is -2.46. The number of anilines is 2. The van der Waals surface area contributed by atoms with Crippen molar-refractivity contribution >= 4 is 68.2 Å². The number of aromatic nitrogens is 4. The van der Waals surface area contributed by atoms with Crippen molar-refractivity contribution in [2.45, 2.75) is 37.8 Å². The normalized spacial score (nSPS) is 15.4. The lowest BCUT2D eigenvalue weighted by atomic mass is 10.1. The molecule has 2 saturated heterocycles. The van der Waals surface area contributed by atoms with E-state index in [1.165, 1.54) is 28.8 Å². The second-order valence-corrected chi connectivity index (χ2v) is 15.1. The monoisotopic (exact) mass is 808 g/mol. The third-order valence-corrected chi connectivity index (χ3v) is 10.5. The predicted octanol–water partition coefficient (Wildman–Crippen LogP) is 3.54. The summed E-state index contributed by atoms with van der Waals surface area (Å²) in [5.41, 5.74) is -0.281. The number of nitrogens with one attached hydrogen (secondary N) is 7. The highest BCUT2D eigenvalue weighted by Gasteiger charge is 2.28. The van der Waals surface area contributed by atoms with Gasteiger partial charge in [-0.1, -0.05) is 35.3 Å². The largest absolute Gasteiger partial charge is 0.348 e. The Morgan fingerprint density at radius 2 is 1.17 bits per heavy atom. The van der Waals surface area contributed by atoms with Gasteiger partial charge in [0.2, 0.25) is 10.0 Å². The minimum absolute atomic E-state index is 0.0182. The van der Waals surface area contributed by atoms with Gasteiger partial charge in [-0.05, 0) is 63.0 Å². The van der Waals surface area contributed by atoms with Gasteiger partial charge >= 0.3 is 0 Å². The Hall–Kier alpha value is -4.95. The minimum Gasteiger partial charge on any atom is -0.348 e. The quantitative estimate of drug-likeness (QED) is 0.131.